The van der Waals surface area contributed by atoms with Gasteiger partial charge in [0.25, 0.3) is 0 Å². The summed E-state index contributed by atoms with van der Waals surface area (Å²) in [6, 6.07) is 9.79. The van der Waals surface area contributed by atoms with Crippen molar-refractivity contribution in [1.29, 1.82) is 0 Å². The summed E-state index contributed by atoms with van der Waals surface area (Å²) < 4.78 is 5.70. The maximum atomic E-state index is 11.5. The Morgan fingerprint density at radius 1 is 1.29 bits per heavy atom. The highest BCUT2D eigenvalue weighted by Crippen LogP contribution is 2.36. The average Bonchev–Trinajstić information content (AvgIpc) is 2.50. The quantitative estimate of drug-likeness (QED) is 0.839. The number of carbonyl (C=O) groups is 1. The van der Waals surface area contributed by atoms with E-state index in [9.17, 15) is 9.90 Å². The van der Waals surface area contributed by atoms with Gasteiger partial charge in [0.05, 0.1) is 5.41 Å². The molecule has 1 aliphatic rings. The maximum Gasteiger partial charge on any atom is 0.309 e. The maximum absolute atomic E-state index is 11.5. The molecule has 1 N–H and O–H groups in total. The second-order valence-corrected chi connectivity index (χ2v) is 5.84. The number of hydrogen-bond donors (Lipinski definition) is 1. The Morgan fingerprint density at radius 3 is 2.52 bits per heavy atom. The van der Waals surface area contributed by atoms with Crippen molar-refractivity contribution in [3.05, 3.63) is 30.3 Å². The van der Waals surface area contributed by atoms with E-state index in [4.69, 9.17) is 4.74 Å². The van der Waals surface area contributed by atoms with Crippen LogP contribution in [0, 0.1) is 5.41 Å². The predicted octanol–water partition coefficient (Wildman–Crippen LogP) is 3.03. The van der Waals surface area contributed by atoms with Gasteiger partial charge in [0, 0.05) is 6.54 Å². The van der Waals surface area contributed by atoms with Crippen molar-refractivity contribution in [3.8, 4) is 5.75 Å². The van der Waals surface area contributed by atoms with Gasteiger partial charge in [-0.15, -0.1) is 0 Å². The van der Waals surface area contributed by atoms with E-state index >= 15 is 0 Å². The molecule has 1 aromatic rings. The number of nitrogens with zero attached hydrogens (tertiary/aromatic N) is 1. The second-order valence-electron chi connectivity index (χ2n) is 5.84. The van der Waals surface area contributed by atoms with Crippen LogP contribution in [0.2, 0.25) is 0 Å². The number of para-hydroxylation sites is 1. The first kappa shape index (κ1) is 15.8. The summed E-state index contributed by atoms with van der Waals surface area (Å²) in [5.74, 6) is 0.268. The van der Waals surface area contributed by atoms with E-state index < -0.39 is 11.4 Å². The van der Waals surface area contributed by atoms with Crippen LogP contribution in [0.15, 0.2) is 30.3 Å². The summed E-state index contributed by atoms with van der Waals surface area (Å²) >= 11 is 0. The van der Waals surface area contributed by atoms with Crippen molar-refractivity contribution in [2.45, 2.75) is 32.6 Å². The number of piperidine rings is 1. The molecule has 1 fully saturated rings. The molecule has 0 radical (unpaired) electrons. The number of carboxylic acid groups (broad SMARTS) is 1. The Morgan fingerprint density at radius 2 is 1.95 bits per heavy atom. The Hall–Kier alpha value is -1.55. The first-order valence-electron chi connectivity index (χ1n) is 7.80. The molecule has 0 bridgehead atoms. The lowest BCUT2D eigenvalue weighted by molar-refractivity contribution is -0.152. The predicted molar refractivity (Wildman–Crippen MR) is 82.6 cm³/mol. The van der Waals surface area contributed by atoms with Gasteiger partial charge in [0.2, 0.25) is 0 Å². The van der Waals surface area contributed by atoms with Crippen molar-refractivity contribution >= 4 is 5.97 Å². The van der Waals surface area contributed by atoms with Gasteiger partial charge in [-0.1, -0.05) is 31.5 Å². The molecule has 0 aliphatic carbocycles. The number of rotatable bonds is 7. The van der Waals surface area contributed by atoms with Gasteiger partial charge in [0.1, 0.15) is 12.4 Å². The topological polar surface area (TPSA) is 49.8 Å². The minimum Gasteiger partial charge on any atom is -0.492 e. The third-order valence-electron chi connectivity index (χ3n) is 4.41. The number of benzene rings is 1. The average molecular weight is 291 g/mol. The zero-order valence-electron chi connectivity index (χ0n) is 12.8. The van der Waals surface area contributed by atoms with Gasteiger partial charge in [0.15, 0.2) is 0 Å². The molecule has 0 unspecified atom stereocenters. The van der Waals surface area contributed by atoms with E-state index in [1.165, 1.54) is 0 Å². The van der Waals surface area contributed by atoms with Crippen LogP contribution in [0.25, 0.3) is 0 Å². The Kier molecular flexibility index (Phi) is 5.62. The van der Waals surface area contributed by atoms with E-state index in [2.05, 4.69) is 11.8 Å². The van der Waals surface area contributed by atoms with E-state index in [0.717, 1.165) is 51.1 Å². The third-order valence-corrected chi connectivity index (χ3v) is 4.41. The van der Waals surface area contributed by atoms with Crippen LogP contribution in [-0.2, 0) is 4.79 Å². The van der Waals surface area contributed by atoms with Gasteiger partial charge in [-0.2, -0.15) is 0 Å². The SMILES string of the molecule is CCCC1(C(=O)O)CCN(CCOc2ccccc2)CC1. The Balaban J connectivity index is 1.75. The standard InChI is InChI=1S/C17H25NO3/c1-2-8-17(16(19)20)9-11-18(12-10-17)13-14-21-15-6-4-3-5-7-15/h3-7H,2,8-14H2,1H3,(H,19,20). The van der Waals surface area contributed by atoms with Crippen molar-refractivity contribution in [1.82, 2.24) is 4.90 Å². The van der Waals surface area contributed by atoms with Gasteiger partial charge < -0.3 is 9.84 Å². The Labute approximate surface area is 126 Å². The van der Waals surface area contributed by atoms with Crippen LogP contribution in [-0.4, -0.2) is 42.2 Å². The fourth-order valence-electron chi connectivity index (χ4n) is 3.06. The first-order chi connectivity index (χ1) is 10.2. The van der Waals surface area contributed by atoms with Crippen molar-refractivity contribution in [2.75, 3.05) is 26.2 Å². The van der Waals surface area contributed by atoms with Crippen LogP contribution in [0.4, 0.5) is 0 Å². The molecule has 4 nitrogen and oxygen atoms in total. The molecule has 1 aliphatic heterocycles. The summed E-state index contributed by atoms with van der Waals surface area (Å²) in [4.78, 5) is 13.8. The molecule has 0 atom stereocenters. The fourth-order valence-corrected chi connectivity index (χ4v) is 3.06. The van der Waals surface area contributed by atoms with E-state index in [1.54, 1.807) is 0 Å². The van der Waals surface area contributed by atoms with Crippen molar-refractivity contribution < 1.29 is 14.6 Å². The lowest BCUT2D eigenvalue weighted by atomic mass is 9.75. The van der Waals surface area contributed by atoms with Crippen LogP contribution >= 0.6 is 0 Å². The number of carboxylic acids is 1. The van der Waals surface area contributed by atoms with Gasteiger partial charge >= 0.3 is 5.97 Å². The molecule has 1 saturated heterocycles. The fraction of sp³-hybridized carbons (Fsp3) is 0.588. The smallest absolute Gasteiger partial charge is 0.309 e. The van der Waals surface area contributed by atoms with Gasteiger partial charge in [-0.3, -0.25) is 9.69 Å². The monoisotopic (exact) mass is 291 g/mol. The van der Waals surface area contributed by atoms with Crippen molar-refractivity contribution in [2.24, 2.45) is 5.41 Å². The first-order valence-corrected chi connectivity index (χ1v) is 7.80. The number of likely N-dealkylation sites (tertiary alicyclic amines) is 1. The molecule has 0 aromatic heterocycles. The molecule has 1 aromatic carbocycles. The van der Waals surface area contributed by atoms with Crippen LogP contribution < -0.4 is 4.74 Å². The number of ether oxygens (including phenoxy) is 1. The second kappa shape index (κ2) is 7.46. The normalized spacial score (nSPS) is 18.3. The zero-order valence-corrected chi connectivity index (χ0v) is 12.8. The zero-order chi connectivity index (χ0) is 15.1. The summed E-state index contributed by atoms with van der Waals surface area (Å²) in [6.07, 6.45) is 3.23. The summed E-state index contributed by atoms with van der Waals surface area (Å²) in [7, 11) is 0. The highest BCUT2D eigenvalue weighted by molar-refractivity contribution is 5.74. The molecule has 0 saturated carbocycles. The molecule has 0 amide bonds. The van der Waals surface area contributed by atoms with Crippen molar-refractivity contribution in [3.63, 3.8) is 0 Å². The van der Waals surface area contributed by atoms with E-state index in [0.29, 0.717) is 6.61 Å². The van der Waals surface area contributed by atoms with E-state index in [1.807, 2.05) is 30.3 Å². The van der Waals surface area contributed by atoms with Crippen LogP contribution in [0.3, 0.4) is 0 Å². The summed E-state index contributed by atoms with van der Waals surface area (Å²) in [5.41, 5.74) is -0.495. The molecule has 4 heteroatoms. The highest BCUT2D eigenvalue weighted by Gasteiger charge is 2.40. The van der Waals surface area contributed by atoms with Crippen LogP contribution in [0.1, 0.15) is 32.6 Å². The minimum absolute atomic E-state index is 0.495. The number of hydrogen-bond acceptors (Lipinski definition) is 3. The molecule has 116 valence electrons. The molecular formula is C17H25NO3. The molecular weight excluding hydrogens is 266 g/mol. The van der Waals surface area contributed by atoms with E-state index in [-0.39, 0.29) is 0 Å². The highest BCUT2D eigenvalue weighted by atomic mass is 16.5. The number of aliphatic carboxylic acids is 1. The Bertz CT molecular complexity index is 439. The molecule has 1 heterocycles. The molecule has 21 heavy (non-hydrogen) atoms. The largest absolute Gasteiger partial charge is 0.492 e. The van der Waals surface area contributed by atoms with Crippen LogP contribution in [0.5, 0.6) is 5.75 Å². The lowest BCUT2D eigenvalue weighted by Crippen LogP contribution is -2.45. The minimum atomic E-state index is -0.621. The molecule has 0 spiro atoms. The van der Waals surface area contributed by atoms with Gasteiger partial charge in [-0.05, 0) is 44.5 Å². The van der Waals surface area contributed by atoms with Gasteiger partial charge in [-0.25, -0.2) is 0 Å². The summed E-state index contributed by atoms with van der Waals surface area (Å²) in [6.45, 7) is 5.27. The third kappa shape index (κ3) is 4.21. The lowest BCUT2D eigenvalue weighted by Gasteiger charge is -2.38. The molecule has 2 rings (SSSR count). The summed E-state index contributed by atoms with van der Waals surface area (Å²) in [5, 5.41) is 9.49.